The van der Waals surface area contributed by atoms with Gasteiger partial charge in [0, 0.05) is 17.5 Å². The number of hydrogen-bond acceptors (Lipinski definition) is 4. The van der Waals surface area contributed by atoms with Crippen molar-refractivity contribution in [1.82, 2.24) is 19.6 Å². The Morgan fingerprint density at radius 3 is 2.59 bits per heavy atom. The minimum atomic E-state index is -1.21. The summed E-state index contributed by atoms with van der Waals surface area (Å²) in [5.41, 5.74) is 3.77. The normalized spacial score (nSPS) is 13.3. The average Bonchev–Trinajstić information content (AvgIpc) is 3.38. The van der Waals surface area contributed by atoms with Crippen molar-refractivity contribution in [1.29, 1.82) is 0 Å². The second kappa shape index (κ2) is 6.88. The number of benzene rings is 1. The molecule has 8 nitrogen and oxygen atoms in total. The van der Waals surface area contributed by atoms with Crippen molar-refractivity contribution >= 4 is 17.6 Å². The highest BCUT2D eigenvalue weighted by Crippen LogP contribution is 2.28. The van der Waals surface area contributed by atoms with E-state index in [0.717, 1.165) is 41.8 Å². The standard InChI is InChI=1S/C21H23N5O3/c1-13-7-9-15(10-8-13)26-17-6-4-5-16(17)18(24-26)19(27)23-14-11-22-25(12-14)21(2,3)20(28)29/h7-12H,4-6H2,1-3H3,(H,23,27)(H,28,29). The molecule has 0 saturated carbocycles. The van der Waals surface area contributed by atoms with Crippen molar-refractivity contribution in [2.24, 2.45) is 0 Å². The first kappa shape index (κ1) is 18.9. The molecule has 2 N–H and O–H groups in total. The molecule has 1 aliphatic rings. The van der Waals surface area contributed by atoms with Gasteiger partial charge in [-0.05, 0) is 52.2 Å². The molecule has 0 unspecified atom stereocenters. The number of nitrogens with zero attached hydrogens (tertiary/aromatic N) is 4. The molecule has 0 fully saturated rings. The Morgan fingerprint density at radius 1 is 1.17 bits per heavy atom. The SMILES string of the molecule is Cc1ccc(-n2nc(C(=O)Nc3cnn(C(C)(C)C(=O)O)c3)c3c2CCC3)cc1. The van der Waals surface area contributed by atoms with Crippen LogP contribution in [0.3, 0.4) is 0 Å². The average molecular weight is 393 g/mol. The van der Waals surface area contributed by atoms with Gasteiger partial charge >= 0.3 is 5.97 Å². The number of carboxylic acids is 1. The van der Waals surface area contributed by atoms with E-state index in [4.69, 9.17) is 0 Å². The second-order valence-corrected chi connectivity index (χ2v) is 7.87. The number of nitrogens with one attached hydrogen (secondary N) is 1. The minimum Gasteiger partial charge on any atom is -0.479 e. The molecular weight excluding hydrogens is 370 g/mol. The Balaban J connectivity index is 1.62. The van der Waals surface area contributed by atoms with E-state index in [0.29, 0.717) is 11.4 Å². The Hall–Kier alpha value is -3.42. The zero-order valence-corrected chi connectivity index (χ0v) is 16.6. The molecule has 29 heavy (non-hydrogen) atoms. The minimum absolute atomic E-state index is 0.318. The number of anilines is 1. The molecule has 0 saturated heterocycles. The largest absolute Gasteiger partial charge is 0.479 e. The van der Waals surface area contributed by atoms with Crippen LogP contribution in [-0.4, -0.2) is 36.5 Å². The molecule has 0 spiro atoms. The number of fused-ring (bicyclic) bond motifs is 1. The van der Waals surface area contributed by atoms with Gasteiger partial charge in [0.15, 0.2) is 11.2 Å². The zero-order valence-electron chi connectivity index (χ0n) is 16.6. The van der Waals surface area contributed by atoms with E-state index < -0.39 is 11.5 Å². The lowest BCUT2D eigenvalue weighted by Crippen LogP contribution is -2.35. The van der Waals surface area contributed by atoms with Crippen LogP contribution in [0.2, 0.25) is 0 Å². The first-order chi connectivity index (χ1) is 13.8. The van der Waals surface area contributed by atoms with Gasteiger partial charge in [0.25, 0.3) is 5.91 Å². The zero-order chi connectivity index (χ0) is 20.8. The lowest BCUT2D eigenvalue weighted by molar-refractivity contribution is -0.146. The molecule has 0 radical (unpaired) electrons. The fourth-order valence-corrected chi connectivity index (χ4v) is 3.50. The number of aromatic nitrogens is 4. The van der Waals surface area contributed by atoms with Crippen LogP contribution in [0.15, 0.2) is 36.7 Å². The van der Waals surface area contributed by atoms with Crippen LogP contribution >= 0.6 is 0 Å². The Kier molecular flexibility index (Phi) is 4.49. The van der Waals surface area contributed by atoms with E-state index in [1.165, 1.54) is 17.1 Å². The van der Waals surface area contributed by atoms with Crippen molar-refractivity contribution in [2.45, 2.75) is 45.6 Å². The topological polar surface area (TPSA) is 102 Å². The maximum absolute atomic E-state index is 12.9. The third-order valence-electron chi connectivity index (χ3n) is 5.36. The summed E-state index contributed by atoms with van der Waals surface area (Å²) in [5, 5.41) is 20.8. The predicted octanol–water partition coefficient (Wildman–Crippen LogP) is 2.94. The Labute approximate surface area is 168 Å². The highest BCUT2D eigenvalue weighted by atomic mass is 16.4. The van der Waals surface area contributed by atoms with E-state index in [9.17, 15) is 14.7 Å². The van der Waals surface area contributed by atoms with Crippen molar-refractivity contribution in [3.8, 4) is 5.69 Å². The Morgan fingerprint density at radius 2 is 1.90 bits per heavy atom. The van der Waals surface area contributed by atoms with Gasteiger partial charge in [-0.1, -0.05) is 17.7 Å². The molecule has 150 valence electrons. The van der Waals surface area contributed by atoms with Crippen molar-refractivity contribution in [2.75, 3.05) is 5.32 Å². The summed E-state index contributed by atoms with van der Waals surface area (Å²) in [6.45, 7) is 5.12. The predicted molar refractivity (Wildman–Crippen MR) is 107 cm³/mol. The molecule has 1 aliphatic carbocycles. The molecule has 0 aliphatic heterocycles. The van der Waals surface area contributed by atoms with Crippen molar-refractivity contribution < 1.29 is 14.7 Å². The quantitative estimate of drug-likeness (QED) is 0.694. The monoisotopic (exact) mass is 393 g/mol. The van der Waals surface area contributed by atoms with E-state index in [1.807, 2.05) is 35.9 Å². The summed E-state index contributed by atoms with van der Waals surface area (Å²) < 4.78 is 3.17. The van der Waals surface area contributed by atoms with E-state index in [1.54, 1.807) is 13.8 Å². The summed E-state index contributed by atoms with van der Waals surface area (Å²) >= 11 is 0. The van der Waals surface area contributed by atoms with Crippen molar-refractivity contribution in [3.63, 3.8) is 0 Å². The summed E-state index contributed by atoms with van der Waals surface area (Å²) in [4.78, 5) is 24.3. The van der Waals surface area contributed by atoms with E-state index in [-0.39, 0.29) is 5.91 Å². The fraction of sp³-hybridized carbons (Fsp3) is 0.333. The lowest BCUT2D eigenvalue weighted by atomic mass is 10.1. The van der Waals surface area contributed by atoms with Crippen LogP contribution in [0.4, 0.5) is 5.69 Å². The maximum Gasteiger partial charge on any atom is 0.331 e. The number of aryl methyl sites for hydroxylation is 1. The molecule has 8 heteroatoms. The van der Waals surface area contributed by atoms with Crippen LogP contribution in [0.5, 0.6) is 0 Å². The van der Waals surface area contributed by atoms with E-state index >= 15 is 0 Å². The van der Waals surface area contributed by atoms with Gasteiger partial charge in [-0.3, -0.25) is 9.48 Å². The van der Waals surface area contributed by atoms with Crippen LogP contribution in [0.1, 0.15) is 47.6 Å². The van der Waals surface area contributed by atoms with Gasteiger partial charge in [0.05, 0.1) is 17.6 Å². The number of carbonyl (C=O) groups excluding carboxylic acids is 1. The maximum atomic E-state index is 12.9. The summed E-state index contributed by atoms with van der Waals surface area (Å²) in [5.74, 6) is -1.32. The Bertz CT molecular complexity index is 1090. The lowest BCUT2D eigenvalue weighted by Gasteiger charge is -2.19. The van der Waals surface area contributed by atoms with Gasteiger partial charge in [-0.25, -0.2) is 9.48 Å². The number of carbonyl (C=O) groups is 2. The van der Waals surface area contributed by atoms with Gasteiger partial charge < -0.3 is 10.4 Å². The molecule has 0 atom stereocenters. The first-order valence-corrected chi connectivity index (χ1v) is 9.55. The highest BCUT2D eigenvalue weighted by molar-refractivity contribution is 6.04. The number of carboxylic acid groups (broad SMARTS) is 1. The smallest absolute Gasteiger partial charge is 0.331 e. The molecule has 4 rings (SSSR count). The summed E-state index contributed by atoms with van der Waals surface area (Å²) in [6, 6.07) is 8.05. The first-order valence-electron chi connectivity index (χ1n) is 9.55. The third kappa shape index (κ3) is 3.30. The molecule has 0 bridgehead atoms. The molecule has 1 aromatic carbocycles. The van der Waals surface area contributed by atoms with Gasteiger partial charge in [-0.2, -0.15) is 10.2 Å². The number of aliphatic carboxylic acids is 1. The van der Waals surface area contributed by atoms with Crippen LogP contribution in [0, 0.1) is 6.92 Å². The van der Waals surface area contributed by atoms with Gasteiger partial charge in [0.1, 0.15) is 0 Å². The summed E-state index contributed by atoms with van der Waals surface area (Å²) in [6.07, 6.45) is 5.65. The highest BCUT2D eigenvalue weighted by Gasteiger charge is 2.31. The molecule has 2 aromatic heterocycles. The van der Waals surface area contributed by atoms with Crippen molar-refractivity contribution in [3.05, 3.63) is 59.2 Å². The molecule has 2 heterocycles. The molecular formula is C21H23N5O3. The van der Waals surface area contributed by atoms with Gasteiger partial charge in [0.2, 0.25) is 0 Å². The molecule has 1 amide bonds. The fourth-order valence-electron chi connectivity index (χ4n) is 3.50. The number of hydrogen-bond donors (Lipinski definition) is 2. The van der Waals surface area contributed by atoms with Crippen LogP contribution in [0.25, 0.3) is 5.69 Å². The van der Waals surface area contributed by atoms with E-state index in [2.05, 4.69) is 15.5 Å². The number of rotatable bonds is 5. The van der Waals surface area contributed by atoms with Gasteiger partial charge in [-0.15, -0.1) is 0 Å². The summed E-state index contributed by atoms with van der Waals surface area (Å²) in [7, 11) is 0. The van der Waals surface area contributed by atoms with Crippen LogP contribution < -0.4 is 5.32 Å². The third-order valence-corrected chi connectivity index (χ3v) is 5.36. The number of amides is 1. The second-order valence-electron chi connectivity index (χ2n) is 7.87. The van der Waals surface area contributed by atoms with Crippen LogP contribution in [-0.2, 0) is 23.2 Å². The molecule has 3 aromatic rings.